The molecule has 37 valence electrons. The molecule has 1 aromatic rings. The number of hydrogen-bond donors (Lipinski definition) is 0. The van der Waals surface area contributed by atoms with Gasteiger partial charge in [-0.25, -0.2) is 0 Å². The molecule has 0 aromatic carbocycles. The van der Waals surface area contributed by atoms with E-state index in [1.54, 1.807) is 6.42 Å². The first-order valence-corrected chi connectivity index (χ1v) is 1.99. The van der Waals surface area contributed by atoms with Gasteiger partial charge in [0, 0.05) is 6.42 Å². The molecule has 0 spiro atoms. The zero-order valence-corrected chi connectivity index (χ0v) is 3.96. The van der Waals surface area contributed by atoms with Crippen LogP contribution in [-0.4, -0.2) is 10.1 Å². The van der Waals surface area contributed by atoms with Crippen LogP contribution in [0.3, 0.4) is 0 Å². The minimum absolute atomic E-state index is 0.639. The van der Waals surface area contributed by atoms with Crippen LogP contribution in [0.2, 0.25) is 0 Å². The van der Waals surface area contributed by atoms with Crippen LogP contribution >= 0.6 is 0 Å². The SMILES string of the molecule is C[CH]c1ncon1. The van der Waals surface area contributed by atoms with Crippen LogP contribution < -0.4 is 0 Å². The molecule has 0 amide bonds. The average molecular weight is 97.1 g/mol. The molecule has 0 bridgehead atoms. The van der Waals surface area contributed by atoms with Gasteiger partial charge in [0.05, 0.1) is 0 Å². The fraction of sp³-hybridized carbons (Fsp3) is 0.250. The van der Waals surface area contributed by atoms with Crippen LogP contribution in [0.25, 0.3) is 0 Å². The van der Waals surface area contributed by atoms with Crippen molar-refractivity contribution in [3.05, 3.63) is 18.6 Å². The Labute approximate surface area is 41.3 Å². The zero-order valence-electron chi connectivity index (χ0n) is 3.96. The van der Waals surface area contributed by atoms with E-state index in [0.717, 1.165) is 0 Å². The van der Waals surface area contributed by atoms with Crippen molar-refractivity contribution in [3.8, 4) is 0 Å². The Morgan fingerprint density at radius 2 is 2.71 bits per heavy atom. The van der Waals surface area contributed by atoms with Gasteiger partial charge < -0.3 is 4.52 Å². The summed E-state index contributed by atoms with van der Waals surface area (Å²) in [5.41, 5.74) is 0. The summed E-state index contributed by atoms with van der Waals surface area (Å²) >= 11 is 0. The number of rotatable bonds is 1. The van der Waals surface area contributed by atoms with Gasteiger partial charge in [0.15, 0.2) is 5.82 Å². The Bertz CT molecular complexity index is 124. The Morgan fingerprint density at radius 3 is 3.00 bits per heavy atom. The van der Waals surface area contributed by atoms with E-state index < -0.39 is 0 Å². The summed E-state index contributed by atoms with van der Waals surface area (Å²) in [6.45, 7) is 1.85. The van der Waals surface area contributed by atoms with Crippen molar-refractivity contribution in [2.45, 2.75) is 6.92 Å². The van der Waals surface area contributed by atoms with Crippen LogP contribution in [-0.2, 0) is 0 Å². The quantitative estimate of drug-likeness (QED) is 0.516. The first kappa shape index (κ1) is 4.30. The number of nitrogens with zero attached hydrogens (tertiary/aromatic N) is 2. The molecule has 0 aliphatic carbocycles. The molecule has 1 rings (SSSR count). The first-order valence-electron chi connectivity index (χ1n) is 1.99. The summed E-state index contributed by atoms with van der Waals surface area (Å²) in [7, 11) is 0. The van der Waals surface area contributed by atoms with Crippen molar-refractivity contribution in [1.29, 1.82) is 0 Å². The summed E-state index contributed by atoms with van der Waals surface area (Å²) in [5, 5.41) is 3.49. The highest BCUT2D eigenvalue weighted by atomic mass is 16.5. The molecule has 1 heterocycles. The number of aromatic nitrogens is 2. The Balaban J connectivity index is 2.76. The topological polar surface area (TPSA) is 38.9 Å². The highest BCUT2D eigenvalue weighted by Crippen LogP contribution is 1.88. The van der Waals surface area contributed by atoms with E-state index in [-0.39, 0.29) is 0 Å². The summed E-state index contributed by atoms with van der Waals surface area (Å²) in [4.78, 5) is 3.70. The fourth-order valence-corrected chi connectivity index (χ4v) is 0.306. The van der Waals surface area contributed by atoms with Gasteiger partial charge in [0.25, 0.3) is 0 Å². The molecule has 0 unspecified atom stereocenters. The van der Waals surface area contributed by atoms with E-state index in [0.29, 0.717) is 5.82 Å². The molecule has 3 nitrogen and oxygen atoms in total. The first-order chi connectivity index (χ1) is 3.43. The molecule has 0 saturated heterocycles. The third-order valence-electron chi connectivity index (χ3n) is 0.637. The summed E-state index contributed by atoms with van der Waals surface area (Å²) < 4.78 is 4.41. The second kappa shape index (κ2) is 1.73. The lowest BCUT2D eigenvalue weighted by atomic mass is 10.5. The third-order valence-corrected chi connectivity index (χ3v) is 0.637. The zero-order chi connectivity index (χ0) is 5.11. The molecular weight excluding hydrogens is 92.1 g/mol. The standard InChI is InChI=1S/C4H5N2O/c1-2-4-5-3-7-6-4/h2-3H,1H3. The van der Waals surface area contributed by atoms with Gasteiger partial charge in [-0.15, -0.1) is 0 Å². The Morgan fingerprint density at radius 1 is 1.86 bits per heavy atom. The molecular formula is C4H5N2O. The highest BCUT2D eigenvalue weighted by Gasteiger charge is 1.88. The van der Waals surface area contributed by atoms with Crippen molar-refractivity contribution in [2.24, 2.45) is 0 Å². The van der Waals surface area contributed by atoms with Gasteiger partial charge in [0.1, 0.15) is 0 Å². The van der Waals surface area contributed by atoms with Crippen LogP contribution in [0, 0.1) is 6.42 Å². The van der Waals surface area contributed by atoms with Crippen molar-refractivity contribution in [3.63, 3.8) is 0 Å². The van der Waals surface area contributed by atoms with Crippen molar-refractivity contribution in [1.82, 2.24) is 10.1 Å². The fourth-order valence-electron chi connectivity index (χ4n) is 0.306. The van der Waals surface area contributed by atoms with Crippen LogP contribution in [0.5, 0.6) is 0 Å². The summed E-state index contributed by atoms with van der Waals surface area (Å²) in [6, 6.07) is 0. The predicted octanol–water partition coefficient (Wildman–Crippen LogP) is 0.642. The molecule has 0 aliphatic heterocycles. The molecule has 0 saturated carbocycles. The van der Waals surface area contributed by atoms with Crippen LogP contribution in [0.15, 0.2) is 10.9 Å². The molecule has 1 radical (unpaired) electrons. The van der Waals surface area contributed by atoms with Gasteiger partial charge in [-0.2, -0.15) is 4.98 Å². The molecule has 0 aliphatic rings. The third kappa shape index (κ3) is 0.765. The minimum Gasteiger partial charge on any atom is -0.343 e. The van der Waals surface area contributed by atoms with Crippen molar-refractivity contribution >= 4 is 0 Å². The van der Waals surface area contributed by atoms with E-state index in [4.69, 9.17) is 0 Å². The largest absolute Gasteiger partial charge is 0.343 e. The Hall–Kier alpha value is -0.860. The van der Waals surface area contributed by atoms with Crippen LogP contribution in [0.4, 0.5) is 0 Å². The second-order valence-corrected chi connectivity index (χ2v) is 1.08. The lowest BCUT2D eigenvalue weighted by molar-refractivity contribution is 0.413. The van der Waals surface area contributed by atoms with Gasteiger partial charge >= 0.3 is 0 Å². The predicted molar refractivity (Wildman–Crippen MR) is 23.4 cm³/mol. The maximum Gasteiger partial charge on any atom is 0.213 e. The highest BCUT2D eigenvalue weighted by molar-refractivity contribution is 4.91. The molecule has 1 aromatic heterocycles. The lowest BCUT2D eigenvalue weighted by Crippen LogP contribution is -1.75. The minimum atomic E-state index is 0.639. The van der Waals surface area contributed by atoms with E-state index in [1.165, 1.54) is 6.39 Å². The van der Waals surface area contributed by atoms with E-state index in [2.05, 4.69) is 14.7 Å². The van der Waals surface area contributed by atoms with Gasteiger partial charge in [-0.3, -0.25) is 0 Å². The molecule has 3 heteroatoms. The smallest absolute Gasteiger partial charge is 0.213 e. The molecule has 0 fully saturated rings. The average Bonchev–Trinajstić information content (AvgIpc) is 2.14. The molecule has 0 atom stereocenters. The van der Waals surface area contributed by atoms with Crippen molar-refractivity contribution in [2.75, 3.05) is 0 Å². The van der Waals surface area contributed by atoms with Gasteiger partial charge in [0.2, 0.25) is 6.39 Å². The second-order valence-electron chi connectivity index (χ2n) is 1.08. The van der Waals surface area contributed by atoms with Crippen molar-refractivity contribution < 1.29 is 4.52 Å². The molecule has 0 N–H and O–H groups in total. The van der Waals surface area contributed by atoms with Gasteiger partial charge in [-0.05, 0) is 0 Å². The van der Waals surface area contributed by atoms with E-state index >= 15 is 0 Å². The monoisotopic (exact) mass is 97.0 g/mol. The maximum absolute atomic E-state index is 4.41. The summed E-state index contributed by atoms with van der Waals surface area (Å²) in [5.74, 6) is 0.639. The van der Waals surface area contributed by atoms with Crippen LogP contribution in [0.1, 0.15) is 12.7 Å². The lowest BCUT2D eigenvalue weighted by Gasteiger charge is -1.72. The normalized spacial score (nSPS) is 9.29. The maximum atomic E-state index is 4.41. The Kier molecular flexibility index (Phi) is 1.06. The number of hydrogen-bond acceptors (Lipinski definition) is 3. The van der Waals surface area contributed by atoms with E-state index in [1.807, 2.05) is 6.92 Å². The van der Waals surface area contributed by atoms with Gasteiger partial charge in [-0.1, -0.05) is 12.1 Å². The molecule has 7 heavy (non-hydrogen) atoms. The van der Waals surface area contributed by atoms with E-state index in [9.17, 15) is 0 Å². The summed E-state index contributed by atoms with van der Waals surface area (Å²) in [6.07, 6.45) is 3.07.